The molecule has 0 atom stereocenters. The van der Waals surface area contributed by atoms with E-state index in [0.717, 1.165) is 23.4 Å². The molecule has 0 radical (unpaired) electrons. The number of hydrogen-bond acceptors (Lipinski definition) is 4. The first-order valence-electron chi connectivity index (χ1n) is 7.06. The monoisotopic (exact) mass is 309 g/mol. The molecule has 2 aliphatic heterocycles. The predicted molar refractivity (Wildman–Crippen MR) is 82.0 cm³/mol. The largest absolute Gasteiger partial charge is 0.369 e. The van der Waals surface area contributed by atoms with Crippen LogP contribution in [0.5, 0.6) is 0 Å². The van der Waals surface area contributed by atoms with Crippen molar-refractivity contribution in [3.05, 3.63) is 23.8 Å². The van der Waals surface area contributed by atoms with Crippen molar-refractivity contribution in [1.29, 1.82) is 0 Å². The van der Waals surface area contributed by atoms with Crippen LogP contribution < -0.4 is 10.2 Å². The van der Waals surface area contributed by atoms with Crippen LogP contribution in [-0.4, -0.2) is 51.1 Å². The van der Waals surface area contributed by atoms with Crippen molar-refractivity contribution in [3.8, 4) is 0 Å². The van der Waals surface area contributed by atoms with Gasteiger partial charge in [0.1, 0.15) is 0 Å². The van der Waals surface area contributed by atoms with Crippen molar-refractivity contribution in [1.82, 2.24) is 4.31 Å². The van der Waals surface area contributed by atoms with Crippen LogP contribution in [0.1, 0.15) is 12.0 Å². The van der Waals surface area contributed by atoms with Crippen molar-refractivity contribution < 1.29 is 13.2 Å². The van der Waals surface area contributed by atoms with E-state index < -0.39 is 10.0 Å². The molecular formula is C14H19N3O3S. The van der Waals surface area contributed by atoms with E-state index in [1.165, 1.54) is 10.6 Å². The molecular weight excluding hydrogens is 290 g/mol. The van der Waals surface area contributed by atoms with E-state index in [2.05, 4.69) is 16.3 Å². The first kappa shape index (κ1) is 14.3. The van der Waals surface area contributed by atoms with Crippen LogP contribution in [0.25, 0.3) is 0 Å². The van der Waals surface area contributed by atoms with Crippen molar-refractivity contribution in [3.63, 3.8) is 0 Å². The lowest BCUT2D eigenvalue weighted by Gasteiger charge is -2.35. The summed E-state index contributed by atoms with van der Waals surface area (Å²) in [5, 5.41) is 2.87. The molecule has 1 aromatic rings. The Balaban J connectivity index is 1.73. The number of aryl methyl sites for hydroxylation is 1. The number of nitrogens with one attached hydrogen (secondary N) is 1. The third-order valence-electron chi connectivity index (χ3n) is 4.06. The standard InChI is InChI=1S/C14H19N3O3S/c1-21(19,20)17-8-6-16(7-9-17)12-3-4-13-11(10-12)2-5-14(18)15-13/h3-4,10H,2,5-9H2,1H3,(H,15,18). The molecule has 1 fully saturated rings. The second-order valence-electron chi connectivity index (χ2n) is 5.54. The molecule has 2 heterocycles. The molecule has 0 bridgehead atoms. The molecule has 0 unspecified atom stereocenters. The van der Waals surface area contributed by atoms with E-state index in [1.807, 2.05) is 12.1 Å². The lowest BCUT2D eigenvalue weighted by Crippen LogP contribution is -2.48. The maximum absolute atomic E-state index is 11.5. The molecule has 0 spiro atoms. The minimum absolute atomic E-state index is 0.0667. The molecule has 21 heavy (non-hydrogen) atoms. The van der Waals surface area contributed by atoms with Gasteiger partial charge in [-0.05, 0) is 30.2 Å². The van der Waals surface area contributed by atoms with Gasteiger partial charge in [-0.25, -0.2) is 8.42 Å². The Labute approximate surface area is 124 Å². The van der Waals surface area contributed by atoms with E-state index in [1.54, 1.807) is 0 Å². The number of amides is 1. The van der Waals surface area contributed by atoms with Crippen LogP contribution in [0.15, 0.2) is 18.2 Å². The SMILES string of the molecule is CS(=O)(=O)N1CCN(c2ccc3c(c2)CCC(=O)N3)CC1. The summed E-state index contributed by atoms with van der Waals surface area (Å²) in [6.07, 6.45) is 2.54. The molecule has 1 N–H and O–H groups in total. The molecule has 0 aliphatic carbocycles. The molecule has 1 amide bonds. The van der Waals surface area contributed by atoms with Crippen molar-refractivity contribution >= 4 is 27.3 Å². The Morgan fingerprint density at radius 2 is 1.81 bits per heavy atom. The number of piperazine rings is 1. The molecule has 1 saturated heterocycles. The van der Waals surface area contributed by atoms with E-state index >= 15 is 0 Å². The molecule has 0 saturated carbocycles. The maximum Gasteiger partial charge on any atom is 0.224 e. The summed E-state index contributed by atoms with van der Waals surface area (Å²) >= 11 is 0. The van der Waals surface area contributed by atoms with Gasteiger partial charge in [-0.1, -0.05) is 0 Å². The van der Waals surface area contributed by atoms with Crippen molar-refractivity contribution in [2.75, 3.05) is 42.7 Å². The highest BCUT2D eigenvalue weighted by atomic mass is 32.2. The van der Waals surface area contributed by atoms with Gasteiger partial charge >= 0.3 is 0 Å². The fourth-order valence-corrected chi connectivity index (χ4v) is 3.67. The molecule has 3 rings (SSSR count). The number of hydrogen-bond donors (Lipinski definition) is 1. The van der Waals surface area contributed by atoms with E-state index in [4.69, 9.17) is 0 Å². The number of nitrogens with zero attached hydrogens (tertiary/aromatic N) is 2. The fourth-order valence-electron chi connectivity index (χ4n) is 2.84. The smallest absolute Gasteiger partial charge is 0.224 e. The van der Waals surface area contributed by atoms with Gasteiger partial charge in [0.15, 0.2) is 0 Å². The lowest BCUT2D eigenvalue weighted by atomic mass is 10.0. The minimum Gasteiger partial charge on any atom is -0.369 e. The number of sulfonamides is 1. The topological polar surface area (TPSA) is 69.7 Å². The summed E-state index contributed by atoms with van der Waals surface area (Å²) in [4.78, 5) is 13.6. The highest BCUT2D eigenvalue weighted by molar-refractivity contribution is 7.88. The van der Waals surface area contributed by atoms with Gasteiger partial charge in [0.25, 0.3) is 0 Å². The third kappa shape index (κ3) is 3.03. The van der Waals surface area contributed by atoms with Crippen LogP contribution in [0.3, 0.4) is 0 Å². The van der Waals surface area contributed by atoms with Crippen LogP contribution in [-0.2, 0) is 21.2 Å². The third-order valence-corrected chi connectivity index (χ3v) is 5.36. The van der Waals surface area contributed by atoms with Crippen LogP contribution in [0.2, 0.25) is 0 Å². The Kier molecular flexibility index (Phi) is 3.62. The molecule has 0 aromatic heterocycles. The summed E-state index contributed by atoms with van der Waals surface area (Å²) in [5.41, 5.74) is 3.14. The molecule has 7 heteroatoms. The number of rotatable bonds is 2. The molecule has 1 aromatic carbocycles. The van der Waals surface area contributed by atoms with Gasteiger partial charge in [-0.15, -0.1) is 0 Å². The predicted octanol–water partition coefficient (Wildman–Crippen LogP) is 0.653. The summed E-state index contributed by atoms with van der Waals surface area (Å²) in [6, 6.07) is 6.02. The number of fused-ring (bicyclic) bond motifs is 1. The zero-order valence-electron chi connectivity index (χ0n) is 12.0. The highest BCUT2D eigenvalue weighted by Gasteiger charge is 2.24. The minimum atomic E-state index is -3.09. The number of benzene rings is 1. The Bertz CT molecular complexity index is 664. The quantitative estimate of drug-likeness (QED) is 0.871. The fraction of sp³-hybridized carbons (Fsp3) is 0.500. The summed E-state index contributed by atoms with van der Waals surface area (Å²) in [6.45, 7) is 2.43. The van der Waals surface area contributed by atoms with Gasteiger partial charge in [0.05, 0.1) is 6.26 Å². The highest BCUT2D eigenvalue weighted by Crippen LogP contribution is 2.28. The summed E-state index contributed by atoms with van der Waals surface area (Å²) in [7, 11) is -3.09. The summed E-state index contributed by atoms with van der Waals surface area (Å²) in [5.74, 6) is 0.0667. The second-order valence-corrected chi connectivity index (χ2v) is 7.52. The van der Waals surface area contributed by atoms with Crippen LogP contribution in [0.4, 0.5) is 11.4 Å². The van der Waals surface area contributed by atoms with Gasteiger partial charge < -0.3 is 10.2 Å². The Morgan fingerprint density at radius 1 is 1.10 bits per heavy atom. The van der Waals surface area contributed by atoms with Crippen molar-refractivity contribution in [2.24, 2.45) is 0 Å². The van der Waals surface area contributed by atoms with Crippen LogP contribution >= 0.6 is 0 Å². The number of carbonyl (C=O) groups excluding carboxylic acids is 1. The summed E-state index contributed by atoms with van der Waals surface area (Å²) < 4.78 is 24.6. The van der Waals surface area contributed by atoms with Gasteiger partial charge in [0, 0.05) is 44.0 Å². The zero-order chi connectivity index (χ0) is 15.0. The lowest BCUT2D eigenvalue weighted by molar-refractivity contribution is -0.116. The number of anilines is 2. The van der Waals surface area contributed by atoms with E-state index in [0.29, 0.717) is 32.6 Å². The average Bonchev–Trinajstić information content (AvgIpc) is 2.46. The van der Waals surface area contributed by atoms with Gasteiger partial charge in [0.2, 0.25) is 15.9 Å². The van der Waals surface area contributed by atoms with Gasteiger partial charge in [-0.2, -0.15) is 4.31 Å². The first-order valence-corrected chi connectivity index (χ1v) is 8.91. The van der Waals surface area contributed by atoms with Crippen LogP contribution in [0, 0.1) is 0 Å². The zero-order valence-corrected chi connectivity index (χ0v) is 12.8. The Hall–Kier alpha value is -1.60. The molecule has 114 valence electrons. The average molecular weight is 309 g/mol. The maximum atomic E-state index is 11.5. The molecule has 6 nitrogen and oxygen atoms in total. The normalized spacial score (nSPS) is 20.0. The Morgan fingerprint density at radius 3 is 2.48 bits per heavy atom. The first-order chi connectivity index (χ1) is 9.93. The van der Waals surface area contributed by atoms with E-state index in [9.17, 15) is 13.2 Å². The molecule has 2 aliphatic rings. The van der Waals surface area contributed by atoms with Gasteiger partial charge in [-0.3, -0.25) is 4.79 Å². The van der Waals surface area contributed by atoms with Crippen molar-refractivity contribution in [2.45, 2.75) is 12.8 Å². The van der Waals surface area contributed by atoms with E-state index in [-0.39, 0.29) is 5.91 Å². The number of carbonyl (C=O) groups is 1. The second kappa shape index (κ2) is 5.31.